The average Bonchev–Trinajstić information content (AvgIpc) is 2.38. The normalized spacial score (nSPS) is 10.1. The van der Waals surface area contributed by atoms with Crippen molar-refractivity contribution in [1.82, 2.24) is 0 Å². The van der Waals surface area contributed by atoms with E-state index in [9.17, 15) is 4.79 Å². The summed E-state index contributed by atoms with van der Waals surface area (Å²) >= 11 is 1.52. The van der Waals surface area contributed by atoms with Crippen molar-refractivity contribution in [2.24, 2.45) is 0 Å². The molecule has 0 unspecified atom stereocenters. The highest BCUT2D eigenvalue weighted by Gasteiger charge is 2.06. The molecule has 2 nitrogen and oxygen atoms in total. The Bertz CT molecular complexity index is 491. The summed E-state index contributed by atoms with van der Waals surface area (Å²) in [4.78, 5) is 12.9. The number of thioether (sulfide) groups is 1. The van der Waals surface area contributed by atoms with E-state index in [-0.39, 0.29) is 11.5 Å². The van der Waals surface area contributed by atoms with E-state index in [1.165, 1.54) is 23.9 Å². The number of benzene rings is 2. The van der Waals surface area contributed by atoms with Gasteiger partial charge in [-0.2, -0.15) is 0 Å². The van der Waals surface area contributed by atoms with Crippen LogP contribution < -0.4 is 0 Å². The molecule has 0 amide bonds. The fourth-order valence-electron chi connectivity index (χ4n) is 1.40. The fraction of sp³-hybridized carbons (Fsp3) is 0.0714. The standard InChI is InChI=1S/C14H12O2S/c15-12-8-6-11(7-9-12)14(16)10-17-13-4-2-1-3-5-13/h1-9,15H,10H2. The molecule has 0 radical (unpaired) electrons. The van der Waals surface area contributed by atoms with Crippen LogP contribution in [0, 0.1) is 0 Å². The minimum Gasteiger partial charge on any atom is -0.508 e. The number of carbonyl (C=O) groups is 1. The highest BCUT2D eigenvalue weighted by Crippen LogP contribution is 2.19. The number of aromatic hydroxyl groups is 1. The largest absolute Gasteiger partial charge is 0.508 e. The molecule has 0 saturated heterocycles. The quantitative estimate of drug-likeness (QED) is 0.662. The minimum absolute atomic E-state index is 0.0684. The van der Waals surface area contributed by atoms with E-state index in [1.54, 1.807) is 12.1 Å². The molecule has 1 N–H and O–H groups in total. The summed E-state index contributed by atoms with van der Waals surface area (Å²) in [6, 6.07) is 16.2. The van der Waals surface area contributed by atoms with Gasteiger partial charge >= 0.3 is 0 Å². The predicted molar refractivity (Wildman–Crippen MR) is 69.6 cm³/mol. The molecule has 0 aromatic heterocycles. The number of rotatable bonds is 4. The zero-order chi connectivity index (χ0) is 12.1. The van der Waals surface area contributed by atoms with Crippen LogP contribution in [0.4, 0.5) is 0 Å². The third-order valence-corrected chi connectivity index (χ3v) is 3.31. The van der Waals surface area contributed by atoms with Crippen molar-refractivity contribution in [3.63, 3.8) is 0 Å². The highest BCUT2D eigenvalue weighted by atomic mass is 32.2. The van der Waals surface area contributed by atoms with Gasteiger partial charge in [-0.05, 0) is 36.4 Å². The molecule has 0 aliphatic carbocycles. The molecule has 17 heavy (non-hydrogen) atoms. The summed E-state index contributed by atoms with van der Waals surface area (Å²) in [5.74, 6) is 0.658. The Morgan fingerprint density at radius 2 is 1.65 bits per heavy atom. The summed E-state index contributed by atoms with van der Waals surface area (Å²) in [5.41, 5.74) is 0.631. The number of hydrogen-bond acceptors (Lipinski definition) is 3. The molecule has 0 fully saturated rings. The molecular weight excluding hydrogens is 232 g/mol. The minimum atomic E-state index is 0.0684. The Morgan fingerprint density at radius 3 is 2.29 bits per heavy atom. The lowest BCUT2D eigenvalue weighted by atomic mass is 10.1. The van der Waals surface area contributed by atoms with Crippen molar-refractivity contribution >= 4 is 17.5 Å². The van der Waals surface area contributed by atoms with Crippen molar-refractivity contribution in [1.29, 1.82) is 0 Å². The van der Waals surface area contributed by atoms with Gasteiger partial charge in [0.05, 0.1) is 5.75 Å². The van der Waals surface area contributed by atoms with E-state index < -0.39 is 0 Å². The van der Waals surface area contributed by atoms with Gasteiger partial charge in [0.2, 0.25) is 0 Å². The number of Topliss-reactive ketones (excluding diaryl/α,β-unsaturated/α-hetero) is 1. The first kappa shape index (κ1) is 11.7. The first-order valence-corrected chi connectivity index (χ1v) is 6.24. The van der Waals surface area contributed by atoms with Gasteiger partial charge < -0.3 is 5.11 Å². The molecule has 0 saturated carbocycles. The molecule has 0 atom stereocenters. The van der Waals surface area contributed by atoms with E-state index in [4.69, 9.17) is 5.11 Å². The zero-order valence-electron chi connectivity index (χ0n) is 9.17. The van der Waals surface area contributed by atoms with Crippen molar-refractivity contribution in [2.45, 2.75) is 4.90 Å². The van der Waals surface area contributed by atoms with Crippen LogP contribution in [-0.2, 0) is 0 Å². The number of carbonyl (C=O) groups excluding carboxylic acids is 1. The van der Waals surface area contributed by atoms with Gasteiger partial charge in [-0.25, -0.2) is 0 Å². The first-order chi connectivity index (χ1) is 8.25. The van der Waals surface area contributed by atoms with Gasteiger partial charge in [-0.3, -0.25) is 4.79 Å². The molecule has 0 spiro atoms. The van der Waals surface area contributed by atoms with Crippen LogP contribution >= 0.6 is 11.8 Å². The van der Waals surface area contributed by atoms with Crippen LogP contribution in [0.3, 0.4) is 0 Å². The second-order valence-corrected chi connectivity index (χ2v) is 4.62. The lowest BCUT2D eigenvalue weighted by molar-refractivity contribution is 0.102. The van der Waals surface area contributed by atoms with E-state index in [0.717, 1.165) is 4.90 Å². The van der Waals surface area contributed by atoms with E-state index in [2.05, 4.69) is 0 Å². The maximum absolute atomic E-state index is 11.8. The Balaban J connectivity index is 1.96. The summed E-state index contributed by atoms with van der Waals surface area (Å²) in [7, 11) is 0. The molecule has 2 aromatic carbocycles. The molecule has 3 heteroatoms. The Hall–Kier alpha value is -1.74. The summed E-state index contributed by atoms with van der Waals surface area (Å²) < 4.78 is 0. The topological polar surface area (TPSA) is 37.3 Å². The molecule has 0 bridgehead atoms. The molecule has 86 valence electrons. The number of ketones is 1. The zero-order valence-corrected chi connectivity index (χ0v) is 9.98. The summed E-state index contributed by atoms with van der Waals surface area (Å²) in [6.07, 6.45) is 0. The van der Waals surface area contributed by atoms with Gasteiger partial charge in [0.15, 0.2) is 5.78 Å². The third-order valence-electron chi connectivity index (χ3n) is 2.30. The summed E-state index contributed by atoms with van der Waals surface area (Å²) in [5, 5.41) is 9.13. The number of hydrogen-bond donors (Lipinski definition) is 1. The van der Waals surface area contributed by atoms with Crippen LogP contribution in [0.25, 0.3) is 0 Å². The monoisotopic (exact) mass is 244 g/mol. The Kier molecular flexibility index (Phi) is 3.83. The van der Waals surface area contributed by atoms with Crippen LogP contribution in [-0.4, -0.2) is 16.6 Å². The summed E-state index contributed by atoms with van der Waals surface area (Å²) in [6.45, 7) is 0. The third kappa shape index (κ3) is 3.36. The molecular formula is C14H12O2S. The fourth-order valence-corrected chi connectivity index (χ4v) is 2.21. The van der Waals surface area contributed by atoms with E-state index in [1.807, 2.05) is 30.3 Å². The lowest BCUT2D eigenvalue weighted by Crippen LogP contribution is -2.01. The van der Waals surface area contributed by atoms with E-state index >= 15 is 0 Å². The van der Waals surface area contributed by atoms with Gasteiger partial charge in [0.1, 0.15) is 5.75 Å². The van der Waals surface area contributed by atoms with Gasteiger partial charge in [0.25, 0.3) is 0 Å². The number of phenolic OH excluding ortho intramolecular Hbond substituents is 1. The predicted octanol–water partition coefficient (Wildman–Crippen LogP) is 3.37. The van der Waals surface area contributed by atoms with Crippen molar-refractivity contribution in [2.75, 3.05) is 5.75 Å². The average molecular weight is 244 g/mol. The molecule has 0 aliphatic heterocycles. The van der Waals surface area contributed by atoms with E-state index in [0.29, 0.717) is 11.3 Å². The van der Waals surface area contributed by atoms with Crippen molar-refractivity contribution < 1.29 is 9.90 Å². The lowest BCUT2D eigenvalue weighted by Gasteiger charge is -2.01. The van der Waals surface area contributed by atoms with Gasteiger partial charge in [0, 0.05) is 10.5 Å². The molecule has 2 aromatic rings. The Morgan fingerprint density at radius 1 is 1.00 bits per heavy atom. The second kappa shape index (κ2) is 5.55. The van der Waals surface area contributed by atoms with Crippen LogP contribution in [0.5, 0.6) is 5.75 Å². The second-order valence-electron chi connectivity index (χ2n) is 3.57. The SMILES string of the molecule is O=C(CSc1ccccc1)c1ccc(O)cc1. The van der Waals surface area contributed by atoms with Crippen LogP contribution in [0.1, 0.15) is 10.4 Å². The number of phenols is 1. The molecule has 0 heterocycles. The first-order valence-electron chi connectivity index (χ1n) is 5.26. The molecule has 0 aliphatic rings. The van der Waals surface area contributed by atoms with Gasteiger partial charge in [-0.15, -0.1) is 11.8 Å². The maximum Gasteiger partial charge on any atom is 0.173 e. The smallest absolute Gasteiger partial charge is 0.173 e. The van der Waals surface area contributed by atoms with Gasteiger partial charge in [-0.1, -0.05) is 18.2 Å². The van der Waals surface area contributed by atoms with Crippen LogP contribution in [0.2, 0.25) is 0 Å². The Labute approximate surface area is 104 Å². The molecule has 2 rings (SSSR count). The highest BCUT2D eigenvalue weighted by molar-refractivity contribution is 8.00. The van der Waals surface area contributed by atoms with Crippen molar-refractivity contribution in [3.8, 4) is 5.75 Å². The van der Waals surface area contributed by atoms with Crippen LogP contribution in [0.15, 0.2) is 59.5 Å². The maximum atomic E-state index is 11.8. The van der Waals surface area contributed by atoms with Crippen molar-refractivity contribution in [3.05, 3.63) is 60.2 Å².